The number of hydrogen-bond acceptors (Lipinski definition) is 0. The van der Waals surface area contributed by atoms with Gasteiger partial charge < -0.3 is 16.4 Å². The minimum Gasteiger partial charge on any atom is -0.412 e. The van der Waals surface area contributed by atoms with E-state index in [1.165, 1.54) is 46.8 Å². The van der Waals surface area contributed by atoms with Gasteiger partial charge in [0.15, 0.2) is 0 Å². The van der Waals surface area contributed by atoms with Gasteiger partial charge in [0.1, 0.15) is 0 Å². The lowest BCUT2D eigenvalue weighted by Gasteiger charge is -2.37. The molecule has 7 rings (SSSR count). The van der Waals surface area contributed by atoms with Gasteiger partial charge >= 0.3 is 0 Å². The highest BCUT2D eigenvalue weighted by Crippen LogP contribution is 2.70. The predicted octanol–water partition coefficient (Wildman–Crippen LogP) is 10.8. The van der Waals surface area contributed by atoms with Crippen molar-refractivity contribution in [3.63, 3.8) is 0 Å². The van der Waals surface area contributed by atoms with Gasteiger partial charge in [-0.3, -0.25) is 0 Å². The Morgan fingerprint density at radius 1 is 0.400 bits per heavy atom. The Balaban J connectivity index is 0.00000154. The maximum absolute atomic E-state index is 3.89. The van der Waals surface area contributed by atoms with Crippen LogP contribution in [-0.2, 0) is 16.2 Å². The second kappa shape index (κ2) is 12.3. The van der Waals surface area contributed by atoms with Crippen LogP contribution in [0.2, 0.25) is 0 Å². The zero-order valence-corrected chi connectivity index (χ0v) is 31.8. The number of rotatable bonds is 6. The summed E-state index contributed by atoms with van der Waals surface area (Å²) in [5, 5.41) is 0. The maximum Gasteiger partial charge on any atom is 0.0216 e. The van der Waals surface area contributed by atoms with Crippen molar-refractivity contribution in [2.75, 3.05) is 0 Å². The third kappa shape index (κ3) is 4.21. The normalized spacial score (nSPS) is 16.2. The van der Waals surface area contributed by atoms with Gasteiger partial charge in [-0.25, -0.2) is 0 Å². The standard InChI is InChI=1S/C39H39Br3.3H2O/c1-7-37(8-2)28-19-22(40)13-16-25(28)31-34(37)32-26-17-14-23(41)20-29(26)38(9-3,10-4)36(32)33-27-18-15-24(42)21-30(27)39(11-5,12-6)35(31)33;;;/h13-21H,7-12H2,1-6H3;3*1H2. The van der Waals surface area contributed by atoms with Crippen molar-refractivity contribution in [1.29, 1.82) is 0 Å². The van der Waals surface area contributed by atoms with E-state index in [9.17, 15) is 0 Å². The van der Waals surface area contributed by atoms with E-state index in [1.807, 2.05) is 0 Å². The Hall–Kier alpha value is -1.80. The molecule has 0 saturated heterocycles. The summed E-state index contributed by atoms with van der Waals surface area (Å²) in [6.45, 7) is 14.5. The highest BCUT2D eigenvalue weighted by Gasteiger charge is 2.56. The van der Waals surface area contributed by atoms with Gasteiger partial charge in [-0.2, -0.15) is 0 Å². The van der Waals surface area contributed by atoms with Gasteiger partial charge in [0.05, 0.1) is 0 Å². The lowest BCUT2D eigenvalue weighted by Crippen LogP contribution is -2.29. The highest BCUT2D eigenvalue weighted by atomic mass is 79.9. The summed E-state index contributed by atoms with van der Waals surface area (Å²) >= 11 is 11.7. The fourth-order valence-electron chi connectivity index (χ4n) is 9.74. The first-order chi connectivity index (χ1) is 20.2. The molecule has 6 N–H and O–H groups in total. The molecule has 4 aromatic carbocycles. The van der Waals surface area contributed by atoms with Crippen molar-refractivity contribution < 1.29 is 16.4 Å². The lowest BCUT2D eigenvalue weighted by atomic mass is 9.65. The summed E-state index contributed by atoms with van der Waals surface area (Å²) in [5.74, 6) is 0. The van der Waals surface area contributed by atoms with Crippen molar-refractivity contribution in [2.45, 2.75) is 96.3 Å². The zero-order chi connectivity index (χ0) is 29.8. The minimum atomic E-state index is -0.0297. The molecule has 0 spiro atoms. The van der Waals surface area contributed by atoms with Crippen LogP contribution in [0.15, 0.2) is 68.0 Å². The molecule has 3 aliphatic rings. The van der Waals surface area contributed by atoms with E-state index in [0.717, 1.165) is 38.5 Å². The van der Waals surface area contributed by atoms with Crippen molar-refractivity contribution in [3.8, 4) is 33.4 Å². The fraction of sp³-hybridized carbons (Fsp3) is 0.385. The largest absolute Gasteiger partial charge is 0.412 e. The molecule has 0 unspecified atom stereocenters. The minimum absolute atomic E-state index is 0. The Labute approximate surface area is 293 Å². The van der Waals surface area contributed by atoms with Crippen LogP contribution < -0.4 is 0 Å². The first kappa shape index (κ1) is 36.0. The molecular formula is C39H45Br3O3. The van der Waals surface area contributed by atoms with E-state index >= 15 is 0 Å². The molecule has 3 aliphatic carbocycles. The number of benzene rings is 4. The number of fused-ring (bicyclic) bond motifs is 12. The molecule has 0 amide bonds. The average molecular weight is 801 g/mol. The van der Waals surface area contributed by atoms with Gasteiger partial charge in [0.2, 0.25) is 0 Å². The Morgan fingerprint density at radius 3 is 0.822 bits per heavy atom. The summed E-state index contributed by atoms with van der Waals surface area (Å²) < 4.78 is 3.54. The van der Waals surface area contributed by atoms with Crippen LogP contribution in [0.25, 0.3) is 33.4 Å². The van der Waals surface area contributed by atoms with Gasteiger partial charge in [-0.15, -0.1) is 0 Å². The van der Waals surface area contributed by atoms with E-state index in [2.05, 4.69) is 144 Å². The molecule has 0 aromatic heterocycles. The summed E-state index contributed by atoms with van der Waals surface area (Å²) in [6.07, 6.45) is 6.54. The van der Waals surface area contributed by atoms with Gasteiger partial charge in [-0.1, -0.05) is 108 Å². The molecule has 4 aromatic rings. The Kier molecular flexibility index (Phi) is 9.88. The maximum atomic E-state index is 3.89. The smallest absolute Gasteiger partial charge is 0.0216 e. The van der Waals surface area contributed by atoms with Crippen LogP contribution in [0.5, 0.6) is 0 Å². The van der Waals surface area contributed by atoms with Crippen LogP contribution in [0.1, 0.15) is 113 Å². The fourth-order valence-corrected chi connectivity index (χ4v) is 10.8. The van der Waals surface area contributed by atoms with Crippen LogP contribution >= 0.6 is 47.8 Å². The lowest BCUT2D eigenvalue weighted by molar-refractivity contribution is 0.473. The van der Waals surface area contributed by atoms with Gasteiger partial charge in [0.25, 0.3) is 0 Å². The highest BCUT2D eigenvalue weighted by molar-refractivity contribution is 9.11. The quantitative estimate of drug-likeness (QED) is 0.186. The Bertz CT molecular complexity index is 1570. The van der Waals surface area contributed by atoms with E-state index in [4.69, 9.17) is 0 Å². The molecule has 6 heteroatoms. The second-order valence-electron chi connectivity index (χ2n) is 12.7. The van der Waals surface area contributed by atoms with Crippen molar-refractivity contribution in [3.05, 3.63) is 101 Å². The monoisotopic (exact) mass is 798 g/mol. The summed E-state index contributed by atoms with van der Waals surface area (Å²) in [7, 11) is 0. The van der Waals surface area contributed by atoms with E-state index < -0.39 is 0 Å². The molecular weight excluding hydrogens is 756 g/mol. The first-order valence-electron chi connectivity index (χ1n) is 15.9. The molecule has 0 bridgehead atoms. The number of hydrogen-bond donors (Lipinski definition) is 0. The summed E-state index contributed by atoms with van der Waals surface area (Å²) in [5.41, 5.74) is 18.3. The average Bonchev–Trinajstić information content (AvgIpc) is 3.56. The van der Waals surface area contributed by atoms with Crippen molar-refractivity contribution >= 4 is 47.8 Å². The first-order valence-corrected chi connectivity index (χ1v) is 18.3. The Morgan fingerprint density at radius 2 is 0.622 bits per heavy atom. The molecule has 0 radical (unpaired) electrons. The molecule has 45 heavy (non-hydrogen) atoms. The molecule has 0 atom stereocenters. The van der Waals surface area contributed by atoms with Crippen LogP contribution in [0.4, 0.5) is 0 Å². The third-order valence-corrected chi connectivity index (χ3v) is 13.3. The van der Waals surface area contributed by atoms with Gasteiger partial charge in [0, 0.05) is 29.7 Å². The topological polar surface area (TPSA) is 94.5 Å². The number of halogens is 3. The summed E-state index contributed by atoms with van der Waals surface area (Å²) in [6, 6.07) is 21.4. The zero-order valence-electron chi connectivity index (χ0n) is 27.1. The second-order valence-corrected chi connectivity index (χ2v) is 15.4. The molecule has 3 nitrogen and oxygen atoms in total. The molecule has 240 valence electrons. The molecule has 0 heterocycles. The van der Waals surface area contributed by atoms with E-state index in [1.54, 1.807) is 33.4 Å². The van der Waals surface area contributed by atoms with Crippen LogP contribution in [-0.4, -0.2) is 16.4 Å². The molecule has 0 aliphatic heterocycles. The van der Waals surface area contributed by atoms with Crippen molar-refractivity contribution in [2.24, 2.45) is 0 Å². The summed E-state index contributed by atoms with van der Waals surface area (Å²) in [4.78, 5) is 0. The van der Waals surface area contributed by atoms with Crippen LogP contribution in [0, 0.1) is 0 Å². The van der Waals surface area contributed by atoms with Gasteiger partial charge in [-0.05, 0) is 142 Å². The third-order valence-electron chi connectivity index (χ3n) is 11.9. The predicted molar refractivity (Wildman–Crippen MR) is 201 cm³/mol. The molecule has 0 saturated carbocycles. The van der Waals surface area contributed by atoms with E-state index in [0.29, 0.717) is 0 Å². The van der Waals surface area contributed by atoms with Crippen LogP contribution in [0.3, 0.4) is 0 Å². The SMILES string of the molecule is CCC1(CC)c2cc(Br)ccc2-c2c1c1c(c3c2C(CC)(CC)c2cc(Br)ccc2-3)C(CC)(CC)c2cc(Br)ccc2-1.O.O.O. The van der Waals surface area contributed by atoms with E-state index in [-0.39, 0.29) is 32.7 Å². The van der Waals surface area contributed by atoms with Crippen molar-refractivity contribution in [1.82, 2.24) is 0 Å². The molecule has 0 fully saturated rings.